The highest BCUT2D eigenvalue weighted by Gasteiger charge is 2.49. The van der Waals surface area contributed by atoms with Crippen LogP contribution in [0.1, 0.15) is 38.1 Å². The number of carbonyl (C=O) groups excluding carboxylic acids is 1. The normalized spacial score (nSPS) is 21.5. The molecule has 5 heteroatoms. The van der Waals surface area contributed by atoms with E-state index < -0.39 is 17.2 Å². The molecule has 1 heterocycles. The lowest BCUT2D eigenvalue weighted by Gasteiger charge is -2.22. The Hall–Kier alpha value is -2.14. The van der Waals surface area contributed by atoms with Gasteiger partial charge in [-0.1, -0.05) is 12.1 Å². The van der Waals surface area contributed by atoms with Crippen molar-refractivity contribution in [3.05, 3.63) is 41.6 Å². The molecule has 0 aliphatic carbocycles. The van der Waals surface area contributed by atoms with E-state index in [-0.39, 0.29) is 11.3 Å². The van der Waals surface area contributed by atoms with Crippen molar-refractivity contribution in [1.29, 1.82) is 0 Å². The van der Waals surface area contributed by atoms with E-state index in [9.17, 15) is 9.59 Å². The molecule has 21 heavy (non-hydrogen) atoms. The van der Waals surface area contributed by atoms with Crippen molar-refractivity contribution in [3.63, 3.8) is 0 Å². The number of aromatic carboxylic acids is 1. The number of ketones is 1. The van der Waals surface area contributed by atoms with E-state index in [1.165, 1.54) is 6.07 Å². The third kappa shape index (κ3) is 2.83. The van der Waals surface area contributed by atoms with Crippen LogP contribution in [0.3, 0.4) is 0 Å². The van der Waals surface area contributed by atoms with Gasteiger partial charge in [-0.05, 0) is 39.8 Å². The quantitative estimate of drug-likeness (QED) is 0.837. The molecule has 1 fully saturated rings. The van der Waals surface area contributed by atoms with E-state index in [2.05, 4.69) is 5.32 Å². The summed E-state index contributed by atoms with van der Waals surface area (Å²) in [5.74, 6) is -1.13. The van der Waals surface area contributed by atoms with Crippen LogP contribution < -0.4 is 5.32 Å². The molecule has 1 saturated heterocycles. The maximum atomic E-state index is 12.3. The zero-order valence-electron chi connectivity index (χ0n) is 12.6. The van der Waals surface area contributed by atoms with Gasteiger partial charge in [0.25, 0.3) is 0 Å². The van der Waals surface area contributed by atoms with Crippen LogP contribution in [-0.2, 0) is 9.53 Å². The van der Waals surface area contributed by atoms with Gasteiger partial charge in [-0.25, -0.2) is 4.79 Å². The molecule has 0 spiro atoms. The van der Waals surface area contributed by atoms with E-state index >= 15 is 0 Å². The molecule has 1 aliphatic heterocycles. The number of hydrogen-bond acceptors (Lipinski definition) is 4. The van der Waals surface area contributed by atoms with Gasteiger partial charge in [-0.3, -0.25) is 4.79 Å². The first-order valence-corrected chi connectivity index (χ1v) is 6.69. The van der Waals surface area contributed by atoms with E-state index in [4.69, 9.17) is 9.84 Å². The second kappa shape index (κ2) is 5.00. The van der Waals surface area contributed by atoms with Crippen LogP contribution in [0.15, 0.2) is 36.0 Å². The molecular formula is C16H19NO4. The molecule has 5 nitrogen and oxygen atoms in total. The Balaban J connectivity index is 2.34. The average molecular weight is 289 g/mol. The lowest BCUT2D eigenvalue weighted by molar-refractivity contribution is -0.132. The molecular weight excluding hydrogens is 270 g/mol. The van der Waals surface area contributed by atoms with Crippen molar-refractivity contribution in [3.8, 4) is 0 Å². The summed E-state index contributed by atoms with van der Waals surface area (Å²) in [6.45, 7) is 7.08. The number of ether oxygens (including phenoxy) is 1. The highest BCUT2D eigenvalue weighted by Crippen LogP contribution is 2.38. The van der Waals surface area contributed by atoms with Gasteiger partial charge in [0, 0.05) is 11.8 Å². The van der Waals surface area contributed by atoms with Crippen molar-refractivity contribution in [2.45, 2.75) is 38.9 Å². The van der Waals surface area contributed by atoms with E-state index in [0.717, 1.165) is 0 Å². The van der Waals surface area contributed by atoms with Gasteiger partial charge in [0.1, 0.15) is 5.60 Å². The number of carbonyl (C=O) groups is 2. The Morgan fingerprint density at radius 2 is 1.81 bits per heavy atom. The van der Waals surface area contributed by atoms with Gasteiger partial charge in [-0.2, -0.15) is 0 Å². The molecule has 0 atom stereocenters. The third-order valence-electron chi connectivity index (χ3n) is 3.48. The maximum Gasteiger partial charge on any atom is 0.337 e. The highest BCUT2D eigenvalue weighted by molar-refractivity contribution is 6.05. The molecule has 1 aromatic rings. The Morgan fingerprint density at radius 1 is 1.19 bits per heavy atom. The Kier molecular flexibility index (Phi) is 3.63. The van der Waals surface area contributed by atoms with E-state index in [1.807, 2.05) is 13.8 Å². The minimum Gasteiger partial charge on any atom is -0.478 e. The van der Waals surface area contributed by atoms with Gasteiger partial charge in [-0.15, -0.1) is 0 Å². The monoisotopic (exact) mass is 289 g/mol. The SMILES string of the molecule is CC1(C)OC(C)(C)/C(=C\Nc2ccccc2C(=O)O)C1=O. The molecule has 0 radical (unpaired) electrons. The van der Waals surface area contributed by atoms with Gasteiger partial charge in [0.2, 0.25) is 0 Å². The predicted octanol–water partition coefficient (Wildman–Crippen LogP) is 2.84. The molecule has 112 valence electrons. The Labute approximate surface area is 123 Å². The van der Waals surface area contributed by atoms with Crippen LogP contribution in [0.2, 0.25) is 0 Å². The molecule has 2 N–H and O–H groups in total. The topological polar surface area (TPSA) is 75.6 Å². The van der Waals surface area contributed by atoms with Crippen molar-refractivity contribution in [2.75, 3.05) is 5.32 Å². The van der Waals surface area contributed by atoms with E-state index in [0.29, 0.717) is 11.3 Å². The number of rotatable bonds is 3. The molecule has 1 aliphatic rings. The van der Waals surface area contributed by atoms with E-state index in [1.54, 1.807) is 38.2 Å². The van der Waals surface area contributed by atoms with Crippen LogP contribution in [-0.4, -0.2) is 28.1 Å². The first-order valence-electron chi connectivity index (χ1n) is 6.69. The number of Topliss-reactive ketones (excluding diaryl/α,β-unsaturated/α-hetero) is 1. The number of carboxylic acid groups (broad SMARTS) is 1. The van der Waals surface area contributed by atoms with Crippen LogP contribution in [0.5, 0.6) is 0 Å². The maximum absolute atomic E-state index is 12.3. The zero-order chi connectivity index (χ0) is 15.8. The molecule has 1 aromatic carbocycles. The Bertz CT molecular complexity index is 629. The first kappa shape index (κ1) is 15.3. The van der Waals surface area contributed by atoms with Crippen LogP contribution in [0.25, 0.3) is 0 Å². The summed E-state index contributed by atoms with van der Waals surface area (Å²) in [6.07, 6.45) is 1.54. The van der Waals surface area contributed by atoms with Crippen LogP contribution >= 0.6 is 0 Å². The zero-order valence-corrected chi connectivity index (χ0v) is 12.6. The fraction of sp³-hybridized carbons (Fsp3) is 0.375. The molecule has 0 amide bonds. The summed E-state index contributed by atoms with van der Waals surface area (Å²) < 4.78 is 5.75. The van der Waals surface area contributed by atoms with Crippen LogP contribution in [0.4, 0.5) is 5.69 Å². The number of hydrogen-bond donors (Lipinski definition) is 2. The first-order chi connectivity index (χ1) is 9.65. The lowest BCUT2D eigenvalue weighted by Crippen LogP contribution is -2.29. The molecule has 0 unspecified atom stereocenters. The lowest BCUT2D eigenvalue weighted by atomic mass is 9.93. The summed E-state index contributed by atoms with van der Waals surface area (Å²) in [5.41, 5.74) is -0.508. The van der Waals surface area contributed by atoms with Crippen molar-refractivity contribution < 1.29 is 19.4 Å². The Morgan fingerprint density at radius 3 is 2.33 bits per heavy atom. The number of benzene rings is 1. The summed E-state index contributed by atoms with van der Waals surface area (Å²) in [5, 5.41) is 12.1. The summed E-state index contributed by atoms with van der Waals surface area (Å²) in [7, 11) is 0. The van der Waals surface area contributed by atoms with Gasteiger partial charge in [0.15, 0.2) is 5.78 Å². The summed E-state index contributed by atoms with van der Waals surface area (Å²) >= 11 is 0. The van der Waals surface area contributed by atoms with Gasteiger partial charge < -0.3 is 15.2 Å². The molecule has 2 rings (SSSR count). The summed E-state index contributed by atoms with van der Waals surface area (Å²) in [6, 6.07) is 6.54. The number of para-hydroxylation sites is 1. The highest BCUT2D eigenvalue weighted by atomic mass is 16.5. The number of anilines is 1. The van der Waals surface area contributed by atoms with Crippen molar-refractivity contribution in [1.82, 2.24) is 0 Å². The molecule has 0 bridgehead atoms. The fourth-order valence-electron chi connectivity index (χ4n) is 2.52. The van der Waals surface area contributed by atoms with Gasteiger partial charge in [0.05, 0.1) is 16.9 Å². The smallest absolute Gasteiger partial charge is 0.337 e. The average Bonchev–Trinajstić information content (AvgIpc) is 2.52. The van der Waals surface area contributed by atoms with Crippen molar-refractivity contribution >= 4 is 17.4 Å². The second-order valence-electron chi connectivity index (χ2n) is 6.00. The second-order valence-corrected chi connectivity index (χ2v) is 6.00. The minimum atomic E-state index is -1.02. The van der Waals surface area contributed by atoms with Crippen LogP contribution in [0, 0.1) is 0 Å². The molecule has 0 saturated carbocycles. The van der Waals surface area contributed by atoms with Crippen molar-refractivity contribution in [2.24, 2.45) is 0 Å². The van der Waals surface area contributed by atoms with Gasteiger partial charge >= 0.3 is 5.97 Å². The summed E-state index contributed by atoms with van der Waals surface area (Å²) in [4.78, 5) is 23.5. The third-order valence-corrected chi connectivity index (χ3v) is 3.48. The number of carboxylic acids is 1. The predicted molar refractivity (Wildman–Crippen MR) is 79.4 cm³/mol. The standard InChI is InChI=1S/C16H19NO4/c1-15(2)11(13(18)16(3,4)21-15)9-17-12-8-6-5-7-10(12)14(19)20/h5-9,17H,1-4H3,(H,19,20)/b11-9-. The molecule has 0 aromatic heterocycles. The largest absolute Gasteiger partial charge is 0.478 e. The fourth-order valence-corrected chi connectivity index (χ4v) is 2.52. The number of nitrogens with one attached hydrogen (secondary N) is 1. The minimum absolute atomic E-state index is 0.104.